The van der Waals surface area contributed by atoms with Crippen LogP contribution in [0.2, 0.25) is 0 Å². The molecule has 3 aromatic carbocycles. The van der Waals surface area contributed by atoms with E-state index in [0.717, 1.165) is 0 Å². The highest BCUT2D eigenvalue weighted by atomic mass is 19.1. The lowest BCUT2D eigenvalue weighted by Gasteiger charge is -2.11. The highest BCUT2D eigenvalue weighted by Crippen LogP contribution is 2.27. The van der Waals surface area contributed by atoms with Gasteiger partial charge in [-0.3, -0.25) is 9.59 Å². The summed E-state index contributed by atoms with van der Waals surface area (Å²) in [5.41, 5.74) is 4.44. The molecular weight excluding hydrogens is 413 g/mol. The topological polar surface area (TPSA) is 89.0 Å². The first-order valence-electron chi connectivity index (χ1n) is 9.75. The number of nitrogens with one attached hydrogen (secondary N) is 2. The van der Waals surface area contributed by atoms with Crippen LogP contribution >= 0.6 is 0 Å². The van der Waals surface area contributed by atoms with Crippen LogP contribution in [-0.4, -0.2) is 31.7 Å². The first kappa shape index (κ1) is 22.5. The normalized spacial score (nSPS) is 10.6. The molecule has 0 bridgehead atoms. The lowest BCUT2D eigenvalue weighted by Crippen LogP contribution is -2.20. The van der Waals surface area contributed by atoms with Crippen LogP contribution in [0.3, 0.4) is 0 Å². The molecule has 0 atom stereocenters. The van der Waals surface area contributed by atoms with E-state index in [1.807, 2.05) is 18.2 Å². The summed E-state index contributed by atoms with van der Waals surface area (Å²) in [6, 6.07) is 19.8. The van der Waals surface area contributed by atoms with Gasteiger partial charge in [0.1, 0.15) is 5.82 Å². The zero-order valence-electron chi connectivity index (χ0n) is 17.4. The van der Waals surface area contributed by atoms with Crippen LogP contribution in [0.4, 0.5) is 10.1 Å². The number of carbonyl (C=O) groups is 2. The Labute approximate surface area is 184 Å². The van der Waals surface area contributed by atoms with Gasteiger partial charge in [-0.25, -0.2) is 9.82 Å². The molecule has 2 N–H and O–H groups in total. The summed E-state index contributed by atoms with van der Waals surface area (Å²) < 4.78 is 23.8. The van der Waals surface area contributed by atoms with E-state index in [2.05, 4.69) is 15.8 Å². The molecule has 0 saturated heterocycles. The van der Waals surface area contributed by atoms with Gasteiger partial charge < -0.3 is 14.8 Å². The van der Waals surface area contributed by atoms with E-state index in [0.29, 0.717) is 28.3 Å². The number of hydrogen-bond acceptors (Lipinski definition) is 5. The maximum absolute atomic E-state index is 12.9. The highest BCUT2D eigenvalue weighted by molar-refractivity contribution is 5.92. The van der Waals surface area contributed by atoms with Crippen LogP contribution in [0.25, 0.3) is 0 Å². The minimum absolute atomic E-state index is 0.0821. The molecule has 3 rings (SSSR count). The van der Waals surface area contributed by atoms with Gasteiger partial charge in [-0.1, -0.05) is 30.3 Å². The van der Waals surface area contributed by atoms with Crippen LogP contribution in [-0.2, 0) is 16.0 Å². The summed E-state index contributed by atoms with van der Waals surface area (Å²) in [4.78, 5) is 24.0. The Balaban J connectivity index is 1.52. The van der Waals surface area contributed by atoms with Crippen molar-refractivity contribution in [3.8, 4) is 11.5 Å². The molecule has 0 saturated carbocycles. The molecule has 0 radical (unpaired) electrons. The zero-order chi connectivity index (χ0) is 22.8. The third-order valence-electron chi connectivity index (χ3n) is 4.28. The number of anilines is 1. The van der Waals surface area contributed by atoms with Gasteiger partial charge in [0.2, 0.25) is 5.91 Å². The van der Waals surface area contributed by atoms with E-state index in [9.17, 15) is 14.0 Å². The fourth-order valence-corrected chi connectivity index (χ4v) is 2.75. The molecule has 0 aliphatic carbocycles. The molecule has 0 fully saturated rings. The number of rotatable bonds is 9. The fourth-order valence-electron chi connectivity index (χ4n) is 2.75. The zero-order valence-corrected chi connectivity index (χ0v) is 17.4. The van der Waals surface area contributed by atoms with Crippen molar-refractivity contribution in [2.45, 2.75) is 6.42 Å². The van der Waals surface area contributed by atoms with Gasteiger partial charge in [-0.2, -0.15) is 5.10 Å². The Morgan fingerprint density at radius 2 is 1.72 bits per heavy atom. The molecule has 32 heavy (non-hydrogen) atoms. The summed E-state index contributed by atoms with van der Waals surface area (Å²) in [7, 11) is 1.48. The standard InChI is InChI=1S/C24H22FN3O4/c1-31-22-13-18(15-26-28-23(29)14-17-7-10-19(25)11-8-17)9-12-21(22)32-16-24(30)27-20-5-3-2-4-6-20/h2-13,15H,14,16H2,1H3,(H,27,30)(H,28,29)/b26-15+. The van der Waals surface area contributed by atoms with Crippen molar-refractivity contribution in [2.75, 3.05) is 19.0 Å². The molecule has 0 heterocycles. The van der Waals surface area contributed by atoms with E-state index in [1.165, 1.54) is 25.5 Å². The van der Waals surface area contributed by atoms with Crippen molar-refractivity contribution in [3.63, 3.8) is 0 Å². The highest BCUT2D eigenvalue weighted by Gasteiger charge is 2.09. The summed E-state index contributed by atoms with van der Waals surface area (Å²) in [5.74, 6) is -0.172. The summed E-state index contributed by atoms with van der Waals surface area (Å²) in [6.07, 6.45) is 1.54. The molecule has 0 unspecified atom stereocenters. The third kappa shape index (κ3) is 6.94. The maximum Gasteiger partial charge on any atom is 0.262 e. The van der Waals surface area contributed by atoms with Crippen LogP contribution in [0.15, 0.2) is 77.9 Å². The average Bonchev–Trinajstić information content (AvgIpc) is 2.80. The molecule has 3 aromatic rings. The molecule has 7 nitrogen and oxygen atoms in total. The van der Waals surface area contributed by atoms with Crippen molar-refractivity contribution in [3.05, 3.63) is 89.7 Å². The number of ether oxygens (including phenoxy) is 2. The van der Waals surface area contributed by atoms with Crippen molar-refractivity contribution in [2.24, 2.45) is 5.10 Å². The van der Waals surface area contributed by atoms with Crippen molar-refractivity contribution < 1.29 is 23.5 Å². The number of carbonyl (C=O) groups excluding carboxylic acids is 2. The summed E-state index contributed by atoms with van der Waals surface area (Å²) in [5, 5.41) is 6.66. The van der Waals surface area contributed by atoms with Crippen molar-refractivity contribution >= 4 is 23.7 Å². The molecule has 0 aromatic heterocycles. The second-order valence-electron chi connectivity index (χ2n) is 6.71. The fraction of sp³-hybridized carbons (Fsp3) is 0.125. The van der Waals surface area contributed by atoms with Crippen molar-refractivity contribution in [1.82, 2.24) is 5.43 Å². The van der Waals surface area contributed by atoms with E-state index < -0.39 is 0 Å². The Hall–Kier alpha value is -4.20. The molecule has 164 valence electrons. The SMILES string of the molecule is COc1cc(/C=N/NC(=O)Cc2ccc(F)cc2)ccc1OCC(=O)Nc1ccccc1. The minimum atomic E-state index is -0.356. The number of halogens is 1. The number of para-hydroxylation sites is 1. The van der Waals surface area contributed by atoms with Crippen LogP contribution in [0.5, 0.6) is 11.5 Å². The van der Waals surface area contributed by atoms with E-state index in [1.54, 1.807) is 42.5 Å². The lowest BCUT2D eigenvalue weighted by atomic mass is 10.1. The predicted molar refractivity (Wildman–Crippen MR) is 119 cm³/mol. The number of amides is 2. The number of methoxy groups -OCH3 is 1. The van der Waals surface area contributed by atoms with Gasteiger partial charge in [0, 0.05) is 5.69 Å². The van der Waals surface area contributed by atoms with Gasteiger partial charge in [0.25, 0.3) is 5.91 Å². The van der Waals surface area contributed by atoms with Gasteiger partial charge in [-0.15, -0.1) is 0 Å². The Morgan fingerprint density at radius 3 is 2.44 bits per heavy atom. The van der Waals surface area contributed by atoms with Gasteiger partial charge in [0.15, 0.2) is 18.1 Å². The Morgan fingerprint density at radius 1 is 0.969 bits per heavy atom. The maximum atomic E-state index is 12.9. The second kappa shape index (κ2) is 11.3. The quantitative estimate of drug-likeness (QED) is 0.397. The minimum Gasteiger partial charge on any atom is -0.493 e. The van der Waals surface area contributed by atoms with Gasteiger partial charge in [0.05, 0.1) is 19.7 Å². The predicted octanol–water partition coefficient (Wildman–Crippen LogP) is 3.54. The van der Waals surface area contributed by atoms with E-state index in [-0.39, 0.29) is 30.7 Å². The molecule has 0 spiro atoms. The second-order valence-corrected chi connectivity index (χ2v) is 6.71. The molecular formula is C24H22FN3O4. The smallest absolute Gasteiger partial charge is 0.262 e. The first-order valence-corrected chi connectivity index (χ1v) is 9.75. The van der Waals surface area contributed by atoms with Crippen molar-refractivity contribution in [1.29, 1.82) is 0 Å². The lowest BCUT2D eigenvalue weighted by molar-refractivity contribution is -0.120. The number of nitrogens with zero attached hydrogens (tertiary/aromatic N) is 1. The van der Waals surface area contributed by atoms with Crippen LogP contribution in [0, 0.1) is 5.82 Å². The molecule has 2 amide bonds. The monoisotopic (exact) mass is 435 g/mol. The van der Waals surface area contributed by atoms with Gasteiger partial charge in [-0.05, 0) is 53.6 Å². The average molecular weight is 435 g/mol. The number of hydrogen-bond donors (Lipinski definition) is 2. The summed E-state index contributed by atoms with van der Waals surface area (Å²) in [6.45, 7) is -0.182. The summed E-state index contributed by atoms with van der Waals surface area (Å²) >= 11 is 0. The molecule has 0 aliphatic rings. The largest absolute Gasteiger partial charge is 0.493 e. The van der Waals surface area contributed by atoms with E-state index >= 15 is 0 Å². The Kier molecular flexibility index (Phi) is 7.91. The third-order valence-corrected chi connectivity index (χ3v) is 4.28. The van der Waals surface area contributed by atoms with Crippen LogP contribution in [0.1, 0.15) is 11.1 Å². The first-order chi connectivity index (χ1) is 15.5. The molecule has 0 aliphatic heterocycles. The van der Waals surface area contributed by atoms with Crippen LogP contribution < -0.4 is 20.2 Å². The van der Waals surface area contributed by atoms with E-state index in [4.69, 9.17) is 9.47 Å². The molecule has 8 heteroatoms. The number of hydrazone groups is 1. The Bertz CT molecular complexity index is 1090. The number of benzene rings is 3. The van der Waals surface area contributed by atoms with Gasteiger partial charge >= 0.3 is 0 Å².